The van der Waals surface area contributed by atoms with E-state index in [1.165, 1.54) is 276 Å². The van der Waals surface area contributed by atoms with Gasteiger partial charge in [-0.2, -0.15) is 0 Å². The second-order valence-electron chi connectivity index (χ2n) is 22.8. The minimum Gasteiger partial charge on any atom is -0.466 e. The van der Waals surface area contributed by atoms with Crippen molar-refractivity contribution in [2.75, 3.05) is 13.2 Å². The smallest absolute Gasteiger partial charge is 0.305 e. The van der Waals surface area contributed by atoms with Crippen molar-refractivity contribution in [3.8, 4) is 0 Å². The number of rotatable bonds is 62. The number of unbranched alkanes of at least 4 members (excludes halogenated alkanes) is 45. The molecule has 436 valence electrons. The molecule has 3 N–H and O–H groups in total. The standard InChI is InChI=1S/C68H129NO5/c1-3-5-7-9-11-13-15-37-42-46-50-54-58-62-68(73)74-63-59-55-51-47-43-39-36-34-32-30-28-26-24-22-20-18-16-17-19-21-23-25-27-29-31-33-35-38-41-45-49-53-57-61-67(72)69-65(64-70)66(71)60-56-52-48-44-40-14-12-10-8-6-4-2/h7,9,13,15,20,22,65-66,70-71H,3-6,8,10-12,14,16-19,21,23-64H2,1-2H3,(H,69,72)/b9-7-,15-13-,22-20-. The van der Waals surface area contributed by atoms with Gasteiger partial charge in [-0.15, -0.1) is 0 Å². The minimum atomic E-state index is -0.660. The fraction of sp³-hybridized carbons (Fsp3) is 0.882. The van der Waals surface area contributed by atoms with Crippen molar-refractivity contribution < 1.29 is 24.5 Å². The van der Waals surface area contributed by atoms with Gasteiger partial charge in [0.2, 0.25) is 5.91 Å². The van der Waals surface area contributed by atoms with Gasteiger partial charge in [0.1, 0.15) is 0 Å². The van der Waals surface area contributed by atoms with E-state index in [-0.39, 0.29) is 18.5 Å². The monoisotopic (exact) mass is 1040 g/mol. The van der Waals surface area contributed by atoms with Gasteiger partial charge in [0.25, 0.3) is 0 Å². The molecule has 0 aromatic rings. The van der Waals surface area contributed by atoms with E-state index < -0.39 is 12.1 Å². The molecule has 0 aliphatic rings. The van der Waals surface area contributed by atoms with Crippen LogP contribution < -0.4 is 5.32 Å². The number of hydrogen-bond donors (Lipinski definition) is 3. The molecule has 0 fully saturated rings. The number of ether oxygens (including phenoxy) is 1. The maximum absolute atomic E-state index is 12.5. The SMILES string of the molecule is CCC/C=C\C/C=C\CCCCCCCC(=O)OCCCCCCCCCCCCCC/C=C\CCCCCCCCCCCCCCCCCCCC(=O)NC(CO)C(O)CCCCCCCCCCCCC. The number of allylic oxidation sites excluding steroid dienone is 6. The lowest BCUT2D eigenvalue weighted by Gasteiger charge is -2.22. The molecule has 0 heterocycles. The third kappa shape index (κ3) is 59.3. The molecule has 6 heteroatoms. The predicted octanol–water partition coefficient (Wildman–Crippen LogP) is 21.1. The average molecular weight is 1040 g/mol. The predicted molar refractivity (Wildman–Crippen MR) is 324 cm³/mol. The molecule has 0 aromatic heterocycles. The first-order valence-corrected chi connectivity index (χ1v) is 33.2. The lowest BCUT2D eigenvalue weighted by Crippen LogP contribution is -2.45. The van der Waals surface area contributed by atoms with Crippen LogP contribution in [-0.4, -0.2) is 47.4 Å². The van der Waals surface area contributed by atoms with E-state index in [2.05, 4.69) is 55.6 Å². The summed E-state index contributed by atoms with van der Waals surface area (Å²) in [6.07, 6.45) is 80.5. The van der Waals surface area contributed by atoms with Gasteiger partial charge in [0, 0.05) is 12.8 Å². The molecule has 2 unspecified atom stereocenters. The van der Waals surface area contributed by atoms with Crippen LogP contribution in [-0.2, 0) is 14.3 Å². The molecule has 0 aromatic carbocycles. The van der Waals surface area contributed by atoms with Crippen LogP contribution in [0.3, 0.4) is 0 Å². The quantitative estimate of drug-likeness (QED) is 0.0320. The molecule has 0 saturated heterocycles. The highest BCUT2D eigenvalue weighted by Gasteiger charge is 2.20. The van der Waals surface area contributed by atoms with Crippen LogP contribution >= 0.6 is 0 Å². The topological polar surface area (TPSA) is 95.9 Å². The highest BCUT2D eigenvalue weighted by molar-refractivity contribution is 5.76. The van der Waals surface area contributed by atoms with E-state index >= 15 is 0 Å². The molecule has 2 atom stereocenters. The van der Waals surface area contributed by atoms with Crippen molar-refractivity contribution >= 4 is 11.9 Å². The highest BCUT2D eigenvalue weighted by atomic mass is 16.5. The molecule has 0 radical (unpaired) electrons. The van der Waals surface area contributed by atoms with E-state index in [1.807, 2.05) is 0 Å². The zero-order valence-corrected chi connectivity index (χ0v) is 49.8. The Balaban J connectivity index is 3.33. The Morgan fingerprint density at radius 2 is 0.703 bits per heavy atom. The molecule has 0 spiro atoms. The summed E-state index contributed by atoms with van der Waals surface area (Å²) in [4.78, 5) is 24.5. The molecule has 0 saturated carbocycles. The minimum absolute atomic E-state index is 0.00326. The first-order chi connectivity index (χ1) is 36.5. The third-order valence-corrected chi connectivity index (χ3v) is 15.4. The van der Waals surface area contributed by atoms with Crippen LogP contribution in [0, 0.1) is 0 Å². The summed E-state index contributed by atoms with van der Waals surface area (Å²) in [5.74, 6) is -0.0284. The van der Waals surface area contributed by atoms with E-state index in [1.54, 1.807) is 0 Å². The van der Waals surface area contributed by atoms with Gasteiger partial charge in [-0.1, -0.05) is 307 Å². The third-order valence-electron chi connectivity index (χ3n) is 15.4. The summed E-state index contributed by atoms with van der Waals surface area (Å²) in [5.41, 5.74) is 0. The highest BCUT2D eigenvalue weighted by Crippen LogP contribution is 2.18. The van der Waals surface area contributed by atoms with Gasteiger partial charge in [-0.05, 0) is 77.0 Å². The zero-order valence-electron chi connectivity index (χ0n) is 49.8. The van der Waals surface area contributed by atoms with Crippen molar-refractivity contribution in [3.63, 3.8) is 0 Å². The second kappa shape index (κ2) is 63.6. The number of amides is 1. The van der Waals surface area contributed by atoms with Crippen LogP contribution in [0.5, 0.6) is 0 Å². The van der Waals surface area contributed by atoms with E-state index in [0.717, 1.165) is 51.4 Å². The number of hydrogen-bond acceptors (Lipinski definition) is 5. The first kappa shape index (κ1) is 72.1. The van der Waals surface area contributed by atoms with E-state index in [4.69, 9.17) is 4.74 Å². The largest absolute Gasteiger partial charge is 0.466 e. The van der Waals surface area contributed by atoms with Crippen LogP contribution in [0.1, 0.15) is 361 Å². The van der Waals surface area contributed by atoms with Gasteiger partial charge in [-0.25, -0.2) is 0 Å². The lowest BCUT2D eigenvalue weighted by molar-refractivity contribution is -0.143. The summed E-state index contributed by atoms with van der Waals surface area (Å²) >= 11 is 0. The fourth-order valence-electron chi connectivity index (χ4n) is 10.3. The Hall–Kier alpha value is -1.92. The van der Waals surface area contributed by atoms with Gasteiger partial charge in [0.05, 0.1) is 25.4 Å². The maximum atomic E-state index is 12.5. The van der Waals surface area contributed by atoms with Crippen molar-refractivity contribution in [1.82, 2.24) is 5.32 Å². The van der Waals surface area contributed by atoms with E-state index in [0.29, 0.717) is 25.9 Å². The zero-order chi connectivity index (χ0) is 53.6. The molecule has 0 aliphatic heterocycles. The van der Waals surface area contributed by atoms with Crippen molar-refractivity contribution in [3.05, 3.63) is 36.5 Å². The summed E-state index contributed by atoms with van der Waals surface area (Å²) in [6, 6.07) is -0.537. The number of carbonyl (C=O) groups excluding carboxylic acids is 2. The van der Waals surface area contributed by atoms with Gasteiger partial charge in [-0.3, -0.25) is 9.59 Å². The normalized spacial score (nSPS) is 12.8. The maximum Gasteiger partial charge on any atom is 0.305 e. The summed E-state index contributed by atoms with van der Waals surface area (Å²) in [7, 11) is 0. The van der Waals surface area contributed by atoms with Crippen LogP contribution in [0.2, 0.25) is 0 Å². The van der Waals surface area contributed by atoms with Crippen molar-refractivity contribution in [2.45, 2.75) is 373 Å². The molecule has 0 bridgehead atoms. The number of aliphatic hydroxyl groups is 2. The lowest BCUT2D eigenvalue weighted by atomic mass is 10.0. The van der Waals surface area contributed by atoms with Gasteiger partial charge < -0.3 is 20.3 Å². The number of aliphatic hydroxyl groups excluding tert-OH is 2. The molecule has 0 rings (SSSR count). The van der Waals surface area contributed by atoms with Crippen molar-refractivity contribution in [1.29, 1.82) is 0 Å². The Bertz CT molecular complexity index is 1200. The molecular formula is C68H129NO5. The average Bonchev–Trinajstić information content (AvgIpc) is 3.40. The molecule has 6 nitrogen and oxygen atoms in total. The Kier molecular flexibility index (Phi) is 62.0. The summed E-state index contributed by atoms with van der Waals surface area (Å²) in [6.45, 7) is 4.89. The first-order valence-electron chi connectivity index (χ1n) is 33.2. The van der Waals surface area contributed by atoms with Gasteiger partial charge >= 0.3 is 5.97 Å². The Morgan fingerprint density at radius 1 is 0.378 bits per heavy atom. The summed E-state index contributed by atoms with van der Waals surface area (Å²) < 4.78 is 5.47. The van der Waals surface area contributed by atoms with Crippen LogP contribution in [0.25, 0.3) is 0 Å². The van der Waals surface area contributed by atoms with Crippen LogP contribution in [0.4, 0.5) is 0 Å². The summed E-state index contributed by atoms with van der Waals surface area (Å²) in [5, 5.41) is 23.2. The molecule has 74 heavy (non-hydrogen) atoms. The fourth-order valence-corrected chi connectivity index (χ4v) is 10.3. The van der Waals surface area contributed by atoms with E-state index in [9.17, 15) is 19.8 Å². The second-order valence-corrected chi connectivity index (χ2v) is 22.8. The van der Waals surface area contributed by atoms with Gasteiger partial charge in [0.15, 0.2) is 0 Å². The molecule has 1 amide bonds. The van der Waals surface area contributed by atoms with Crippen LogP contribution in [0.15, 0.2) is 36.5 Å². The number of carbonyl (C=O) groups is 2. The molecule has 0 aliphatic carbocycles. The number of nitrogens with one attached hydrogen (secondary N) is 1. The number of esters is 1. The molecular weight excluding hydrogens is 911 g/mol. The van der Waals surface area contributed by atoms with Crippen molar-refractivity contribution in [2.24, 2.45) is 0 Å². The Morgan fingerprint density at radius 3 is 1.09 bits per heavy atom. The Labute approximate surface area is 462 Å².